The molecule has 0 heterocycles. The van der Waals surface area contributed by atoms with E-state index in [9.17, 15) is 4.79 Å². The van der Waals surface area contributed by atoms with Crippen molar-refractivity contribution in [3.63, 3.8) is 0 Å². The van der Waals surface area contributed by atoms with Gasteiger partial charge in [-0.25, -0.2) is 0 Å². The number of allylic oxidation sites excluding steroid dienone is 1. The van der Waals surface area contributed by atoms with Gasteiger partial charge in [-0.2, -0.15) is 0 Å². The number of carbonyl (C=O) groups excluding carboxylic acids is 1. The zero-order valence-electron chi connectivity index (χ0n) is 22.2. The number of hydrogen-bond donors (Lipinski definition) is 0. The van der Waals surface area contributed by atoms with Gasteiger partial charge in [-0.1, -0.05) is 93.3 Å². The van der Waals surface area contributed by atoms with Gasteiger partial charge in [-0.05, 0) is 103 Å². The summed E-state index contributed by atoms with van der Waals surface area (Å²) < 4.78 is 0. The summed E-state index contributed by atoms with van der Waals surface area (Å²) >= 11 is 0. The first kappa shape index (κ1) is 25.2. The van der Waals surface area contributed by atoms with Crippen LogP contribution in [0.15, 0.2) is 60.7 Å². The second-order valence-electron chi connectivity index (χ2n) is 10.4. The van der Waals surface area contributed by atoms with E-state index in [2.05, 4.69) is 82.3 Å². The van der Waals surface area contributed by atoms with Crippen molar-refractivity contribution in [3.8, 4) is 0 Å². The summed E-state index contributed by atoms with van der Waals surface area (Å²) in [5.74, 6) is 0.901. The van der Waals surface area contributed by atoms with Crippen molar-refractivity contribution < 1.29 is 4.79 Å². The number of carbonyl (C=O) groups is 1. The second-order valence-corrected chi connectivity index (χ2v) is 10.4. The Kier molecular flexibility index (Phi) is 8.06. The van der Waals surface area contributed by atoms with Gasteiger partial charge in [0.05, 0.1) is 0 Å². The number of benzene rings is 3. The number of hydrogen-bond acceptors (Lipinski definition) is 1. The van der Waals surface area contributed by atoms with Crippen LogP contribution in [0.3, 0.4) is 0 Å². The lowest BCUT2D eigenvalue weighted by Crippen LogP contribution is -2.03. The molecule has 0 aliphatic heterocycles. The zero-order valence-corrected chi connectivity index (χ0v) is 22.2. The fourth-order valence-electron chi connectivity index (χ4n) is 5.76. The molecule has 0 amide bonds. The summed E-state index contributed by atoms with van der Waals surface area (Å²) in [4.78, 5) is 12.1. The first-order chi connectivity index (χ1) is 16.9. The van der Waals surface area contributed by atoms with Gasteiger partial charge in [-0.15, -0.1) is 0 Å². The molecule has 0 N–H and O–H groups in total. The molecule has 1 atom stereocenters. The molecule has 4 rings (SSSR count). The minimum absolute atomic E-state index is 0.138. The molecule has 0 saturated carbocycles. The third-order valence-corrected chi connectivity index (χ3v) is 7.70. The highest BCUT2D eigenvalue weighted by Gasteiger charge is 2.22. The fourth-order valence-corrected chi connectivity index (χ4v) is 5.76. The van der Waals surface area contributed by atoms with E-state index in [1.807, 2.05) is 6.07 Å². The monoisotopic (exact) mass is 464 g/mol. The van der Waals surface area contributed by atoms with Crippen LogP contribution in [-0.2, 0) is 12.8 Å². The lowest BCUT2D eigenvalue weighted by atomic mass is 9.85. The summed E-state index contributed by atoms with van der Waals surface area (Å²) in [5.41, 5.74) is 12.9. The molecule has 0 saturated heterocycles. The third-order valence-electron chi connectivity index (χ3n) is 7.70. The van der Waals surface area contributed by atoms with Gasteiger partial charge in [0.2, 0.25) is 0 Å². The van der Waals surface area contributed by atoms with Crippen LogP contribution < -0.4 is 0 Å². The summed E-state index contributed by atoms with van der Waals surface area (Å²) in [5, 5.41) is 0. The van der Waals surface area contributed by atoms with Gasteiger partial charge in [0.1, 0.15) is 0 Å². The Balaban J connectivity index is 1.86. The maximum absolute atomic E-state index is 12.1. The van der Waals surface area contributed by atoms with Crippen LogP contribution in [0.2, 0.25) is 0 Å². The van der Waals surface area contributed by atoms with E-state index in [0.29, 0.717) is 0 Å². The van der Waals surface area contributed by atoms with Gasteiger partial charge >= 0.3 is 0 Å². The average molecular weight is 465 g/mol. The van der Waals surface area contributed by atoms with Crippen molar-refractivity contribution in [3.05, 3.63) is 105 Å². The molecule has 0 aromatic heterocycles. The zero-order chi connectivity index (χ0) is 24.9. The lowest BCUT2D eigenvalue weighted by Gasteiger charge is -2.19. The average Bonchev–Trinajstić information content (AvgIpc) is 3.03. The van der Waals surface area contributed by atoms with Crippen LogP contribution in [0.4, 0.5) is 0 Å². The van der Waals surface area contributed by atoms with Gasteiger partial charge < -0.3 is 0 Å². The summed E-state index contributed by atoms with van der Waals surface area (Å²) in [6.07, 6.45) is 8.08. The predicted octanol–water partition coefficient (Wildman–Crippen LogP) is 9.17. The number of rotatable bonds is 8. The molecular weight excluding hydrogens is 424 g/mol. The standard InChI is InChI=1S/C34H40O/c1-6-9-26(7-2)21-27-13-15-28(16-14-27)34-32-19-17-29(25(5)35)22-30(32)10-8-11-33(34)31-18-12-23(3)20-24(31)4/h12-20,22,26H,6-11,21H2,1-5H3. The smallest absolute Gasteiger partial charge is 0.159 e. The van der Waals surface area contributed by atoms with Crippen LogP contribution >= 0.6 is 0 Å². The summed E-state index contributed by atoms with van der Waals surface area (Å²) in [6, 6.07) is 22.5. The van der Waals surface area contributed by atoms with Gasteiger partial charge in [0.15, 0.2) is 5.78 Å². The summed E-state index contributed by atoms with van der Waals surface area (Å²) in [7, 11) is 0. The number of fused-ring (bicyclic) bond motifs is 1. The van der Waals surface area contributed by atoms with Crippen molar-refractivity contribution in [1.82, 2.24) is 0 Å². The molecule has 1 aliphatic rings. The highest BCUT2D eigenvalue weighted by molar-refractivity contribution is 6.01. The molecule has 0 spiro atoms. The van der Waals surface area contributed by atoms with E-state index in [-0.39, 0.29) is 5.78 Å². The van der Waals surface area contributed by atoms with Crippen molar-refractivity contribution in [2.45, 2.75) is 79.6 Å². The first-order valence-corrected chi connectivity index (χ1v) is 13.5. The lowest BCUT2D eigenvalue weighted by molar-refractivity contribution is 0.101. The maximum Gasteiger partial charge on any atom is 0.159 e. The fraction of sp³-hybridized carbons (Fsp3) is 0.382. The molecule has 1 heteroatoms. The highest BCUT2D eigenvalue weighted by atomic mass is 16.1. The molecular formula is C34H40O. The molecule has 1 aliphatic carbocycles. The SMILES string of the molecule is CCCC(CC)Cc1ccc(C2=C(c3ccc(C)cc3C)CCCc3cc(C(C)=O)ccc32)cc1. The Morgan fingerprint density at radius 1 is 0.886 bits per heavy atom. The first-order valence-electron chi connectivity index (χ1n) is 13.5. The van der Waals surface area contributed by atoms with Crippen LogP contribution in [0.1, 0.15) is 102 Å². The van der Waals surface area contributed by atoms with E-state index >= 15 is 0 Å². The Morgan fingerprint density at radius 2 is 1.63 bits per heavy atom. The minimum atomic E-state index is 0.138. The van der Waals surface area contributed by atoms with E-state index in [4.69, 9.17) is 0 Å². The van der Waals surface area contributed by atoms with E-state index in [1.165, 1.54) is 69.4 Å². The Hall–Kier alpha value is -2.93. The van der Waals surface area contributed by atoms with E-state index in [1.54, 1.807) is 6.92 Å². The minimum Gasteiger partial charge on any atom is -0.295 e. The Labute approximate surface area is 212 Å². The van der Waals surface area contributed by atoms with Gasteiger partial charge in [0.25, 0.3) is 0 Å². The van der Waals surface area contributed by atoms with Crippen LogP contribution in [0.25, 0.3) is 11.1 Å². The van der Waals surface area contributed by atoms with E-state index in [0.717, 1.165) is 37.2 Å². The van der Waals surface area contributed by atoms with Crippen LogP contribution in [0.5, 0.6) is 0 Å². The Bertz CT molecular complexity index is 1230. The maximum atomic E-state index is 12.1. The molecule has 3 aromatic carbocycles. The van der Waals surface area contributed by atoms with Crippen LogP contribution in [-0.4, -0.2) is 5.78 Å². The number of Topliss-reactive ketones (excluding diaryl/α,β-unsaturated/α-hetero) is 1. The van der Waals surface area contributed by atoms with Crippen molar-refractivity contribution in [2.75, 3.05) is 0 Å². The van der Waals surface area contributed by atoms with Crippen LogP contribution in [0, 0.1) is 19.8 Å². The molecule has 1 nitrogen and oxygen atoms in total. The van der Waals surface area contributed by atoms with Crippen molar-refractivity contribution in [2.24, 2.45) is 5.92 Å². The second kappa shape index (κ2) is 11.2. The number of ketones is 1. The Morgan fingerprint density at radius 3 is 2.29 bits per heavy atom. The topological polar surface area (TPSA) is 17.1 Å². The molecule has 0 bridgehead atoms. The molecule has 3 aromatic rings. The van der Waals surface area contributed by atoms with E-state index < -0.39 is 0 Å². The quantitative estimate of drug-likeness (QED) is 0.304. The number of aryl methyl sites for hydroxylation is 3. The van der Waals surface area contributed by atoms with Crippen molar-refractivity contribution in [1.29, 1.82) is 0 Å². The molecule has 0 fully saturated rings. The van der Waals surface area contributed by atoms with Gasteiger partial charge in [-0.3, -0.25) is 4.79 Å². The highest BCUT2D eigenvalue weighted by Crippen LogP contribution is 2.41. The largest absolute Gasteiger partial charge is 0.295 e. The molecule has 182 valence electrons. The molecule has 0 radical (unpaired) electrons. The third kappa shape index (κ3) is 5.67. The van der Waals surface area contributed by atoms with Gasteiger partial charge in [0, 0.05) is 5.56 Å². The normalized spacial score (nSPS) is 14.4. The predicted molar refractivity (Wildman–Crippen MR) is 150 cm³/mol. The molecule has 35 heavy (non-hydrogen) atoms. The molecule has 1 unspecified atom stereocenters. The van der Waals surface area contributed by atoms with Crippen molar-refractivity contribution >= 4 is 16.9 Å². The summed E-state index contributed by atoms with van der Waals surface area (Å²) in [6.45, 7) is 10.7.